The average molecular weight is 222 g/mol. The molecular weight excluding hydrogens is 204 g/mol. The second kappa shape index (κ2) is 6.77. The standard InChI is InChI=1S/C13H18O3/c1-3-5-10-15-12-8-6-7-11(14)13(12)16-9-4-2/h4,6-8,14H,2-3,5,9-10H2,1H3. The molecule has 1 N–H and O–H groups in total. The van der Waals surface area contributed by atoms with Gasteiger partial charge in [0.1, 0.15) is 6.61 Å². The summed E-state index contributed by atoms with van der Waals surface area (Å²) in [5.74, 6) is 1.06. The number of ether oxygens (including phenoxy) is 2. The summed E-state index contributed by atoms with van der Waals surface area (Å²) in [6.07, 6.45) is 3.68. The Morgan fingerprint density at radius 1 is 1.38 bits per heavy atom. The van der Waals surface area contributed by atoms with E-state index in [1.807, 2.05) is 0 Å². The molecule has 0 aromatic heterocycles. The number of hydrogen-bond donors (Lipinski definition) is 1. The maximum Gasteiger partial charge on any atom is 0.203 e. The number of benzene rings is 1. The summed E-state index contributed by atoms with van der Waals surface area (Å²) in [6.45, 7) is 6.64. The Morgan fingerprint density at radius 2 is 2.19 bits per heavy atom. The average Bonchev–Trinajstić information content (AvgIpc) is 2.28. The van der Waals surface area contributed by atoms with Crippen molar-refractivity contribution in [3.8, 4) is 17.2 Å². The third kappa shape index (κ3) is 3.50. The highest BCUT2D eigenvalue weighted by atomic mass is 16.5. The Balaban J connectivity index is 2.72. The van der Waals surface area contributed by atoms with Gasteiger partial charge in [-0.2, -0.15) is 0 Å². The van der Waals surface area contributed by atoms with Gasteiger partial charge in [0, 0.05) is 0 Å². The van der Waals surface area contributed by atoms with Gasteiger partial charge < -0.3 is 14.6 Å². The van der Waals surface area contributed by atoms with Crippen LogP contribution in [0.4, 0.5) is 0 Å². The van der Waals surface area contributed by atoms with Crippen LogP contribution in [0.1, 0.15) is 19.8 Å². The molecule has 0 amide bonds. The molecule has 0 unspecified atom stereocenters. The lowest BCUT2D eigenvalue weighted by molar-refractivity contribution is 0.270. The molecule has 0 saturated carbocycles. The fourth-order valence-corrected chi connectivity index (χ4v) is 1.23. The van der Waals surface area contributed by atoms with E-state index in [9.17, 15) is 5.11 Å². The van der Waals surface area contributed by atoms with Gasteiger partial charge in [0.15, 0.2) is 11.5 Å². The minimum absolute atomic E-state index is 0.0934. The number of hydrogen-bond acceptors (Lipinski definition) is 3. The largest absolute Gasteiger partial charge is 0.504 e. The van der Waals surface area contributed by atoms with Gasteiger partial charge in [-0.25, -0.2) is 0 Å². The summed E-state index contributed by atoms with van der Waals surface area (Å²) < 4.78 is 10.9. The molecule has 3 nitrogen and oxygen atoms in total. The zero-order valence-electron chi connectivity index (χ0n) is 9.61. The highest BCUT2D eigenvalue weighted by molar-refractivity contribution is 5.50. The number of phenols is 1. The monoisotopic (exact) mass is 222 g/mol. The van der Waals surface area contributed by atoms with Crippen LogP contribution in [0.15, 0.2) is 30.9 Å². The SMILES string of the molecule is C=CCOc1c(O)cccc1OCCCC. The maximum absolute atomic E-state index is 9.64. The van der Waals surface area contributed by atoms with Gasteiger partial charge in [-0.05, 0) is 18.6 Å². The second-order valence-electron chi connectivity index (χ2n) is 3.41. The molecule has 0 aliphatic rings. The summed E-state index contributed by atoms with van der Waals surface area (Å²) in [4.78, 5) is 0. The highest BCUT2D eigenvalue weighted by Crippen LogP contribution is 2.36. The van der Waals surface area contributed by atoms with Gasteiger partial charge >= 0.3 is 0 Å². The Kier molecular flexibility index (Phi) is 5.26. The van der Waals surface area contributed by atoms with Crippen molar-refractivity contribution in [3.05, 3.63) is 30.9 Å². The molecule has 0 spiro atoms. The van der Waals surface area contributed by atoms with Crippen LogP contribution >= 0.6 is 0 Å². The smallest absolute Gasteiger partial charge is 0.203 e. The number of para-hydroxylation sites is 1. The lowest BCUT2D eigenvalue weighted by atomic mass is 10.3. The zero-order chi connectivity index (χ0) is 11.8. The molecule has 0 saturated heterocycles. The van der Waals surface area contributed by atoms with Crippen molar-refractivity contribution in [2.45, 2.75) is 19.8 Å². The predicted molar refractivity (Wildman–Crippen MR) is 64.2 cm³/mol. The molecule has 0 radical (unpaired) electrons. The van der Waals surface area contributed by atoms with Crippen LogP contribution in [-0.2, 0) is 0 Å². The lowest BCUT2D eigenvalue weighted by Crippen LogP contribution is -2.01. The van der Waals surface area contributed by atoms with Crippen LogP contribution in [-0.4, -0.2) is 18.3 Å². The lowest BCUT2D eigenvalue weighted by Gasteiger charge is -2.12. The first-order valence-electron chi connectivity index (χ1n) is 5.48. The Morgan fingerprint density at radius 3 is 2.88 bits per heavy atom. The van der Waals surface area contributed by atoms with E-state index in [2.05, 4.69) is 13.5 Å². The van der Waals surface area contributed by atoms with E-state index in [0.717, 1.165) is 12.8 Å². The van der Waals surface area contributed by atoms with Gasteiger partial charge in [-0.3, -0.25) is 0 Å². The van der Waals surface area contributed by atoms with Crippen LogP contribution in [0.25, 0.3) is 0 Å². The molecule has 1 aromatic carbocycles. The van der Waals surface area contributed by atoms with Crippen molar-refractivity contribution in [2.24, 2.45) is 0 Å². The molecule has 88 valence electrons. The molecule has 0 aliphatic carbocycles. The molecule has 1 aromatic rings. The normalized spacial score (nSPS) is 9.81. The first-order chi connectivity index (χ1) is 7.79. The summed E-state index contributed by atoms with van der Waals surface area (Å²) in [5, 5.41) is 9.64. The van der Waals surface area contributed by atoms with Gasteiger partial charge in [0.2, 0.25) is 5.75 Å². The molecule has 0 bridgehead atoms. The van der Waals surface area contributed by atoms with Crippen molar-refractivity contribution in [3.63, 3.8) is 0 Å². The fourth-order valence-electron chi connectivity index (χ4n) is 1.23. The van der Waals surface area contributed by atoms with Crippen molar-refractivity contribution < 1.29 is 14.6 Å². The van der Waals surface area contributed by atoms with E-state index >= 15 is 0 Å². The van der Waals surface area contributed by atoms with Gasteiger partial charge in [-0.1, -0.05) is 32.1 Å². The fraction of sp³-hybridized carbons (Fsp3) is 0.385. The summed E-state index contributed by atoms with van der Waals surface area (Å²) in [7, 11) is 0. The number of unbranched alkanes of at least 4 members (excludes halogenated alkanes) is 1. The van der Waals surface area contributed by atoms with E-state index in [1.54, 1.807) is 24.3 Å². The van der Waals surface area contributed by atoms with Gasteiger partial charge in [0.05, 0.1) is 6.61 Å². The van der Waals surface area contributed by atoms with Gasteiger partial charge in [0.25, 0.3) is 0 Å². The quantitative estimate of drug-likeness (QED) is 0.569. The molecule has 0 heterocycles. The minimum atomic E-state index is 0.0934. The number of aromatic hydroxyl groups is 1. The van der Waals surface area contributed by atoms with E-state index in [0.29, 0.717) is 24.7 Å². The van der Waals surface area contributed by atoms with Crippen LogP contribution in [0.5, 0.6) is 17.2 Å². The molecule has 0 aliphatic heterocycles. The summed E-state index contributed by atoms with van der Waals surface area (Å²) >= 11 is 0. The van der Waals surface area contributed by atoms with Crippen molar-refractivity contribution >= 4 is 0 Å². The third-order valence-electron chi connectivity index (χ3n) is 2.06. The second-order valence-corrected chi connectivity index (χ2v) is 3.41. The summed E-state index contributed by atoms with van der Waals surface area (Å²) in [5.41, 5.74) is 0. The van der Waals surface area contributed by atoms with Gasteiger partial charge in [-0.15, -0.1) is 0 Å². The minimum Gasteiger partial charge on any atom is -0.504 e. The Bertz CT molecular complexity index is 334. The Labute approximate surface area is 96.3 Å². The number of rotatable bonds is 7. The van der Waals surface area contributed by atoms with Crippen LogP contribution in [0, 0.1) is 0 Å². The van der Waals surface area contributed by atoms with Crippen LogP contribution in [0.3, 0.4) is 0 Å². The molecule has 3 heteroatoms. The molecule has 16 heavy (non-hydrogen) atoms. The van der Waals surface area contributed by atoms with E-state index in [-0.39, 0.29) is 5.75 Å². The molecular formula is C13H18O3. The van der Waals surface area contributed by atoms with E-state index in [1.165, 1.54) is 0 Å². The molecule has 0 fully saturated rings. The van der Waals surface area contributed by atoms with Crippen LogP contribution in [0.2, 0.25) is 0 Å². The summed E-state index contributed by atoms with van der Waals surface area (Å²) in [6, 6.07) is 5.09. The van der Waals surface area contributed by atoms with Crippen molar-refractivity contribution in [2.75, 3.05) is 13.2 Å². The Hall–Kier alpha value is -1.64. The van der Waals surface area contributed by atoms with Crippen LogP contribution < -0.4 is 9.47 Å². The van der Waals surface area contributed by atoms with E-state index in [4.69, 9.17) is 9.47 Å². The first-order valence-corrected chi connectivity index (χ1v) is 5.48. The van der Waals surface area contributed by atoms with Crippen molar-refractivity contribution in [1.29, 1.82) is 0 Å². The van der Waals surface area contributed by atoms with Crippen molar-refractivity contribution in [1.82, 2.24) is 0 Å². The molecule has 0 atom stereocenters. The maximum atomic E-state index is 9.64. The number of phenolic OH excluding ortho intramolecular Hbond substituents is 1. The first kappa shape index (κ1) is 12.4. The van der Waals surface area contributed by atoms with E-state index < -0.39 is 0 Å². The predicted octanol–water partition coefficient (Wildman–Crippen LogP) is 3.14. The highest BCUT2D eigenvalue weighted by Gasteiger charge is 2.09. The zero-order valence-corrected chi connectivity index (χ0v) is 9.61. The topological polar surface area (TPSA) is 38.7 Å². The third-order valence-corrected chi connectivity index (χ3v) is 2.06. The molecule has 1 rings (SSSR count).